The number of rotatable bonds is 6. The summed E-state index contributed by atoms with van der Waals surface area (Å²) in [4.78, 5) is 10.9. The molecule has 0 unspecified atom stereocenters. The zero-order valence-corrected chi connectivity index (χ0v) is 12.8. The maximum Gasteiger partial charge on any atom is 0.221 e. The Hall–Kier alpha value is -2.40. The molecule has 5 heteroatoms. The normalized spacial score (nSPS) is 11.8. The minimum absolute atomic E-state index is 0.112. The number of aromatic nitrogens is 1. The lowest BCUT2D eigenvalue weighted by atomic mass is 10.3. The van der Waals surface area contributed by atoms with E-state index in [-0.39, 0.29) is 12.5 Å². The van der Waals surface area contributed by atoms with Gasteiger partial charge in [0.1, 0.15) is 18.5 Å². The Morgan fingerprint density at radius 2 is 1.86 bits per heavy atom. The molecular formula is C17H21N2O3+. The van der Waals surface area contributed by atoms with Crippen LogP contribution in [0.2, 0.25) is 0 Å². The van der Waals surface area contributed by atoms with Crippen LogP contribution in [0.1, 0.15) is 12.5 Å². The summed E-state index contributed by atoms with van der Waals surface area (Å²) in [7, 11) is 0. The van der Waals surface area contributed by atoms with E-state index in [2.05, 4.69) is 5.32 Å². The van der Waals surface area contributed by atoms with Crippen LogP contribution in [0, 0.1) is 6.92 Å². The summed E-state index contributed by atoms with van der Waals surface area (Å²) in [6.07, 6.45) is 3.27. The summed E-state index contributed by atoms with van der Waals surface area (Å²) >= 11 is 0. The summed E-state index contributed by atoms with van der Waals surface area (Å²) in [5.74, 6) is 0.543. The average Bonchev–Trinajstić information content (AvgIpc) is 2.48. The van der Waals surface area contributed by atoms with Gasteiger partial charge in [0, 0.05) is 24.7 Å². The number of nitrogens with zero attached hydrogens (tertiary/aromatic N) is 1. The summed E-state index contributed by atoms with van der Waals surface area (Å²) in [5, 5.41) is 12.7. The van der Waals surface area contributed by atoms with E-state index in [4.69, 9.17) is 4.74 Å². The standard InChI is InChI=1S/C17H20N2O3/c1-13-7-9-19(10-8-13)11-16(21)12-22-17-5-3-15(4-6-17)18-14(2)20/h3-10,16,21H,11-12H2,1-2H3/p+1/t16-/m0/s1. The predicted molar refractivity (Wildman–Crippen MR) is 83.6 cm³/mol. The van der Waals surface area contributed by atoms with Crippen molar-refractivity contribution in [2.24, 2.45) is 0 Å². The number of hydrogen-bond acceptors (Lipinski definition) is 3. The van der Waals surface area contributed by atoms with Crippen molar-refractivity contribution in [2.75, 3.05) is 11.9 Å². The van der Waals surface area contributed by atoms with Crippen LogP contribution in [-0.2, 0) is 11.3 Å². The third-order valence-electron chi connectivity index (χ3n) is 3.10. The van der Waals surface area contributed by atoms with Crippen LogP contribution in [0.4, 0.5) is 5.69 Å². The molecule has 1 aromatic heterocycles. The van der Waals surface area contributed by atoms with Crippen molar-refractivity contribution < 1.29 is 19.2 Å². The Balaban J connectivity index is 1.81. The number of aliphatic hydroxyl groups is 1. The van der Waals surface area contributed by atoms with Crippen molar-refractivity contribution in [1.29, 1.82) is 0 Å². The van der Waals surface area contributed by atoms with Crippen LogP contribution in [-0.4, -0.2) is 23.7 Å². The fourth-order valence-electron chi connectivity index (χ4n) is 1.98. The van der Waals surface area contributed by atoms with E-state index in [1.54, 1.807) is 24.3 Å². The first-order valence-electron chi connectivity index (χ1n) is 7.17. The van der Waals surface area contributed by atoms with Gasteiger partial charge in [-0.1, -0.05) is 0 Å². The fourth-order valence-corrected chi connectivity index (χ4v) is 1.98. The molecule has 1 heterocycles. The van der Waals surface area contributed by atoms with E-state index in [0.717, 1.165) is 5.69 Å². The molecule has 2 aromatic rings. The third kappa shape index (κ3) is 5.18. The van der Waals surface area contributed by atoms with Crippen LogP contribution in [0.5, 0.6) is 5.75 Å². The number of ether oxygens (including phenoxy) is 1. The first-order valence-corrected chi connectivity index (χ1v) is 7.17. The summed E-state index contributed by atoms with van der Waals surface area (Å²) < 4.78 is 7.47. The Morgan fingerprint density at radius 1 is 1.23 bits per heavy atom. The van der Waals surface area contributed by atoms with E-state index in [9.17, 15) is 9.90 Å². The van der Waals surface area contributed by atoms with Crippen LogP contribution >= 0.6 is 0 Å². The topological polar surface area (TPSA) is 62.4 Å². The first-order chi connectivity index (χ1) is 10.5. The number of carbonyl (C=O) groups is 1. The zero-order chi connectivity index (χ0) is 15.9. The molecular weight excluding hydrogens is 280 g/mol. The SMILES string of the molecule is CC(=O)Nc1ccc(OC[C@@H](O)C[n+]2ccc(C)cc2)cc1. The van der Waals surface area contributed by atoms with E-state index >= 15 is 0 Å². The van der Waals surface area contributed by atoms with Crippen LogP contribution in [0.15, 0.2) is 48.8 Å². The molecule has 0 aliphatic carbocycles. The molecule has 116 valence electrons. The second-order valence-corrected chi connectivity index (χ2v) is 5.24. The predicted octanol–water partition coefficient (Wildman–Crippen LogP) is 1.68. The van der Waals surface area contributed by atoms with E-state index in [0.29, 0.717) is 12.3 Å². The highest BCUT2D eigenvalue weighted by molar-refractivity contribution is 5.88. The van der Waals surface area contributed by atoms with E-state index < -0.39 is 6.10 Å². The summed E-state index contributed by atoms with van der Waals surface area (Å²) in [5.41, 5.74) is 1.90. The molecule has 0 saturated heterocycles. The number of pyridine rings is 1. The second kappa shape index (κ2) is 7.56. The Kier molecular flexibility index (Phi) is 5.49. The van der Waals surface area contributed by atoms with E-state index in [1.165, 1.54) is 12.5 Å². The number of hydrogen-bond donors (Lipinski definition) is 2. The van der Waals surface area contributed by atoms with Crippen LogP contribution in [0.25, 0.3) is 0 Å². The average molecular weight is 301 g/mol. The number of benzene rings is 1. The molecule has 0 radical (unpaired) electrons. The third-order valence-corrected chi connectivity index (χ3v) is 3.10. The van der Waals surface area contributed by atoms with Crippen LogP contribution in [0.3, 0.4) is 0 Å². The van der Waals surface area contributed by atoms with Gasteiger partial charge in [0.25, 0.3) is 0 Å². The molecule has 2 N–H and O–H groups in total. The van der Waals surface area contributed by atoms with Gasteiger partial charge in [-0.05, 0) is 36.8 Å². The highest BCUT2D eigenvalue weighted by atomic mass is 16.5. The summed E-state index contributed by atoms with van der Waals surface area (Å²) in [6.45, 7) is 4.17. The number of aryl methyl sites for hydroxylation is 1. The molecule has 0 aliphatic rings. The Labute approximate surface area is 130 Å². The molecule has 0 fully saturated rings. The van der Waals surface area contributed by atoms with Gasteiger partial charge in [-0.15, -0.1) is 0 Å². The smallest absolute Gasteiger partial charge is 0.221 e. The molecule has 0 bridgehead atoms. The van der Waals surface area contributed by atoms with Gasteiger partial charge in [-0.2, -0.15) is 0 Å². The number of carbonyl (C=O) groups excluding carboxylic acids is 1. The second-order valence-electron chi connectivity index (χ2n) is 5.24. The van der Waals surface area contributed by atoms with Gasteiger partial charge in [-0.25, -0.2) is 4.57 Å². The van der Waals surface area contributed by atoms with Crippen molar-refractivity contribution in [3.05, 3.63) is 54.4 Å². The van der Waals surface area contributed by atoms with Crippen LogP contribution < -0.4 is 14.6 Å². The molecule has 0 saturated carbocycles. The van der Waals surface area contributed by atoms with Crippen molar-refractivity contribution in [1.82, 2.24) is 0 Å². The Bertz CT molecular complexity index is 609. The van der Waals surface area contributed by atoms with Gasteiger partial charge < -0.3 is 15.2 Å². The van der Waals surface area contributed by atoms with E-state index in [1.807, 2.05) is 36.0 Å². The molecule has 1 amide bonds. The fraction of sp³-hybridized carbons (Fsp3) is 0.294. The lowest BCUT2D eigenvalue weighted by Crippen LogP contribution is -2.41. The van der Waals surface area contributed by atoms with Gasteiger partial charge in [0.15, 0.2) is 18.9 Å². The number of amides is 1. The number of anilines is 1. The minimum atomic E-state index is -0.595. The first kappa shape index (κ1) is 16.0. The van der Waals surface area contributed by atoms with Gasteiger partial charge in [-0.3, -0.25) is 4.79 Å². The quantitative estimate of drug-likeness (QED) is 0.798. The maximum absolute atomic E-state index is 10.9. The van der Waals surface area contributed by atoms with Crippen molar-refractivity contribution in [3.63, 3.8) is 0 Å². The number of nitrogens with one attached hydrogen (secondary N) is 1. The van der Waals surface area contributed by atoms with Crippen molar-refractivity contribution in [2.45, 2.75) is 26.5 Å². The zero-order valence-electron chi connectivity index (χ0n) is 12.8. The molecule has 1 atom stereocenters. The minimum Gasteiger partial charge on any atom is -0.491 e. The number of aliphatic hydroxyl groups excluding tert-OH is 1. The van der Waals surface area contributed by atoms with Gasteiger partial charge >= 0.3 is 0 Å². The molecule has 22 heavy (non-hydrogen) atoms. The summed E-state index contributed by atoms with van der Waals surface area (Å²) in [6, 6.07) is 11.0. The lowest BCUT2D eigenvalue weighted by molar-refractivity contribution is -0.703. The highest BCUT2D eigenvalue weighted by Gasteiger charge is 2.11. The van der Waals surface area contributed by atoms with Gasteiger partial charge in [0.05, 0.1) is 0 Å². The molecule has 0 aliphatic heterocycles. The van der Waals surface area contributed by atoms with Gasteiger partial charge in [0.2, 0.25) is 5.91 Å². The highest BCUT2D eigenvalue weighted by Crippen LogP contribution is 2.15. The lowest BCUT2D eigenvalue weighted by Gasteiger charge is -2.10. The monoisotopic (exact) mass is 301 g/mol. The van der Waals surface area contributed by atoms with Crippen molar-refractivity contribution >= 4 is 11.6 Å². The molecule has 5 nitrogen and oxygen atoms in total. The largest absolute Gasteiger partial charge is 0.491 e. The maximum atomic E-state index is 10.9. The molecule has 2 rings (SSSR count). The molecule has 1 aromatic carbocycles. The van der Waals surface area contributed by atoms with Crippen molar-refractivity contribution in [3.8, 4) is 5.75 Å². The molecule has 0 spiro atoms. The Morgan fingerprint density at radius 3 is 2.45 bits per heavy atom.